The third-order valence-electron chi connectivity index (χ3n) is 3.33. The third-order valence-corrected chi connectivity index (χ3v) is 5.70. The number of hydrogen-bond acceptors (Lipinski definition) is 5. The highest BCUT2D eigenvalue weighted by Gasteiger charge is 2.09. The van der Waals surface area contributed by atoms with Crippen molar-refractivity contribution in [3.05, 3.63) is 69.7 Å². The van der Waals surface area contributed by atoms with Crippen LogP contribution < -0.4 is 5.32 Å². The first-order valence-corrected chi connectivity index (χ1v) is 9.72. The Hall–Kier alpha value is -2.10. The van der Waals surface area contributed by atoms with Crippen molar-refractivity contribution >= 4 is 41.2 Å². The molecule has 1 heterocycles. The first kappa shape index (κ1) is 18.7. The van der Waals surface area contributed by atoms with Crippen molar-refractivity contribution in [2.75, 3.05) is 5.75 Å². The minimum Gasteiger partial charge on any atom is -0.351 e. The molecule has 0 radical (unpaired) electrons. The van der Waals surface area contributed by atoms with E-state index < -0.39 is 0 Å². The molecule has 3 aromatic rings. The number of thioether (sulfide) groups is 1. The highest BCUT2D eigenvalue weighted by Crippen LogP contribution is 2.24. The van der Waals surface area contributed by atoms with Gasteiger partial charge in [0.1, 0.15) is 11.6 Å². The summed E-state index contributed by atoms with van der Waals surface area (Å²) in [6.07, 6.45) is 0. The van der Waals surface area contributed by atoms with Gasteiger partial charge in [-0.15, -0.1) is 5.10 Å². The summed E-state index contributed by atoms with van der Waals surface area (Å²) < 4.78 is 28.6. The van der Waals surface area contributed by atoms with Crippen LogP contribution in [0.2, 0.25) is 0 Å². The summed E-state index contributed by atoms with van der Waals surface area (Å²) in [4.78, 5) is 12.0. The van der Waals surface area contributed by atoms with E-state index in [1.807, 2.05) is 0 Å². The van der Waals surface area contributed by atoms with Crippen LogP contribution in [0.15, 0.2) is 52.9 Å². The predicted octanol–water partition coefficient (Wildman–Crippen LogP) is 4.35. The van der Waals surface area contributed by atoms with Crippen LogP contribution in [0.4, 0.5) is 8.78 Å². The number of amides is 1. The summed E-state index contributed by atoms with van der Waals surface area (Å²) in [6, 6.07) is 11.8. The van der Waals surface area contributed by atoms with Gasteiger partial charge in [-0.25, -0.2) is 13.5 Å². The number of carbonyl (C=O) groups is 1. The van der Waals surface area contributed by atoms with Gasteiger partial charge in [-0.05, 0) is 54.2 Å². The van der Waals surface area contributed by atoms with E-state index in [0.29, 0.717) is 20.5 Å². The van der Waals surface area contributed by atoms with Crippen molar-refractivity contribution in [3.8, 4) is 5.69 Å². The Morgan fingerprint density at radius 2 is 1.73 bits per heavy atom. The number of nitrogens with zero attached hydrogens (tertiary/aromatic N) is 2. The van der Waals surface area contributed by atoms with Gasteiger partial charge >= 0.3 is 0 Å². The van der Waals surface area contributed by atoms with E-state index in [1.165, 1.54) is 52.0 Å². The lowest BCUT2D eigenvalue weighted by atomic mass is 10.2. The van der Waals surface area contributed by atoms with Crippen LogP contribution in [-0.2, 0) is 11.3 Å². The Morgan fingerprint density at radius 1 is 1.12 bits per heavy atom. The summed E-state index contributed by atoms with van der Waals surface area (Å²) in [5.41, 5.74) is 1.49. The standard InChI is InChI=1S/C17H13F2N3OS3/c18-12-3-1-11(2-4-12)9-20-15(23)10-25-16-21-22(17(24)26-16)14-7-5-13(19)6-8-14/h1-8H,9-10H2,(H,20,23). The van der Waals surface area contributed by atoms with Crippen molar-refractivity contribution in [1.29, 1.82) is 0 Å². The Labute approximate surface area is 161 Å². The van der Waals surface area contributed by atoms with E-state index in [4.69, 9.17) is 12.2 Å². The van der Waals surface area contributed by atoms with Crippen LogP contribution in [-0.4, -0.2) is 21.4 Å². The van der Waals surface area contributed by atoms with Gasteiger partial charge in [0.25, 0.3) is 0 Å². The van der Waals surface area contributed by atoms with Gasteiger partial charge in [0.15, 0.2) is 8.29 Å². The second-order valence-electron chi connectivity index (χ2n) is 5.21. The van der Waals surface area contributed by atoms with Crippen LogP contribution in [0.3, 0.4) is 0 Å². The monoisotopic (exact) mass is 409 g/mol. The number of benzene rings is 2. The lowest BCUT2D eigenvalue weighted by Gasteiger charge is -2.04. The lowest BCUT2D eigenvalue weighted by molar-refractivity contribution is -0.118. The van der Waals surface area contributed by atoms with E-state index in [0.717, 1.165) is 5.56 Å². The molecule has 1 N–H and O–H groups in total. The number of carbonyl (C=O) groups excluding carboxylic acids is 1. The molecule has 0 aliphatic heterocycles. The molecule has 2 aromatic carbocycles. The fourth-order valence-electron chi connectivity index (χ4n) is 2.05. The maximum Gasteiger partial charge on any atom is 0.230 e. The molecule has 1 aromatic heterocycles. The second-order valence-corrected chi connectivity index (χ2v) is 8.06. The van der Waals surface area contributed by atoms with E-state index in [1.54, 1.807) is 24.3 Å². The summed E-state index contributed by atoms with van der Waals surface area (Å²) in [7, 11) is 0. The maximum absolute atomic E-state index is 13.0. The molecule has 0 saturated heterocycles. The number of rotatable bonds is 6. The first-order valence-electron chi connectivity index (χ1n) is 7.51. The second kappa shape index (κ2) is 8.52. The number of hydrogen-bond donors (Lipinski definition) is 1. The van der Waals surface area contributed by atoms with Gasteiger partial charge < -0.3 is 5.32 Å². The topological polar surface area (TPSA) is 46.9 Å². The molecule has 0 aliphatic carbocycles. The smallest absolute Gasteiger partial charge is 0.230 e. The zero-order valence-corrected chi connectivity index (χ0v) is 15.8. The maximum atomic E-state index is 13.0. The molecule has 0 saturated carbocycles. The highest BCUT2D eigenvalue weighted by molar-refractivity contribution is 8.01. The summed E-state index contributed by atoms with van der Waals surface area (Å²) in [5, 5.41) is 7.13. The molecule has 4 nitrogen and oxygen atoms in total. The predicted molar refractivity (Wildman–Crippen MR) is 101 cm³/mol. The minimum atomic E-state index is -0.331. The van der Waals surface area contributed by atoms with Crippen molar-refractivity contribution in [1.82, 2.24) is 15.1 Å². The summed E-state index contributed by atoms with van der Waals surface area (Å²) in [6.45, 7) is 0.333. The van der Waals surface area contributed by atoms with Gasteiger partial charge in [0, 0.05) is 6.54 Å². The average molecular weight is 410 g/mol. The van der Waals surface area contributed by atoms with Gasteiger partial charge in [-0.1, -0.05) is 35.2 Å². The number of nitrogens with one attached hydrogen (secondary N) is 1. The van der Waals surface area contributed by atoms with Crippen LogP contribution >= 0.6 is 35.3 Å². The fraction of sp³-hybridized carbons (Fsp3) is 0.118. The zero-order valence-electron chi connectivity index (χ0n) is 13.3. The van der Waals surface area contributed by atoms with Gasteiger partial charge in [0.05, 0.1) is 11.4 Å². The van der Waals surface area contributed by atoms with E-state index in [9.17, 15) is 13.6 Å². The van der Waals surface area contributed by atoms with Crippen molar-refractivity contribution in [2.24, 2.45) is 0 Å². The molecule has 26 heavy (non-hydrogen) atoms. The molecule has 3 rings (SSSR count). The van der Waals surface area contributed by atoms with E-state index in [-0.39, 0.29) is 23.3 Å². The Balaban J connectivity index is 1.55. The van der Waals surface area contributed by atoms with Crippen molar-refractivity contribution < 1.29 is 13.6 Å². The third kappa shape index (κ3) is 4.96. The van der Waals surface area contributed by atoms with Gasteiger partial charge in [0.2, 0.25) is 5.91 Å². The minimum absolute atomic E-state index is 0.159. The molecule has 0 aliphatic rings. The van der Waals surface area contributed by atoms with Crippen LogP contribution in [0, 0.1) is 15.6 Å². The molecule has 1 amide bonds. The van der Waals surface area contributed by atoms with Crippen molar-refractivity contribution in [2.45, 2.75) is 10.9 Å². The van der Waals surface area contributed by atoms with Crippen LogP contribution in [0.1, 0.15) is 5.56 Å². The molecule has 9 heteroatoms. The summed E-state index contributed by atoms with van der Waals surface area (Å²) >= 11 is 7.83. The molecule has 0 fully saturated rings. The van der Waals surface area contributed by atoms with Gasteiger partial charge in [-0.2, -0.15) is 0 Å². The van der Waals surface area contributed by atoms with Crippen molar-refractivity contribution in [3.63, 3.8) is 0 Å². The van der Waals surface area contributed by atoms with Gasteiger partial charge in [-0.3, -0.25) is 4.79 Å². The Bertz CT molecular complexity index is 953. The molecule has 134 valence electrons. The van der Waals surface area contributed by atoms with E-state index in [2.05, 4.69) is 10.4 Å². The lowest BCUT2D eigenvalue weighted by Crippen LogP contribution is -2.24. The molecule has 0 atom stereocenters. The van der Waals surface area contributed by atoms with E-state index >= 15 is 0 Å². The molecular weight excluding hydrogens is 396 g/mol. The Morgan fingerprint density at radius 3 is 2.38 bits per heavy atom. The summed E-state index contributed by atoms with van der Waals surface area (Å²) in [5.74, 6) is -0.613. The number of halogens is 2. The average Bonchev–Trinajstić information content (AvgIpc) is 3.01. The quantitative estimate of drug-likeness (QED) is 0.486. The zero-order chi connectivity index (χ0) is 18.5. The molecular formula is C17H13F2N3OS3. The SMILES string of the molecule is O=C(CSc1nn(-c2ccc(F)cc2)c(=S)s1)NCc1ccc(F)cc1. The molecule has 0 spiro atoms. The Kier molecular flexibility index (Phi) is 6.12. The number of aromatic nitrogens is 2. The van der Waals surface area contributed by atoms with Crippen LogP contribution in [0.25, 0.3) is 5.69 Å². The molecule has 0 unspecified atom stereocenters. The largest absolute Gasteiger partial charge is 0.351 e. The fourth-order valence-corrected chi connectivity index (χ4v) is 4.24. The highest BCUT2D eigenvalue weighted by atomic mass is 32.2. The molecule has 0 bridgehead atoms. The first-order chi connectivity index (χ1) is 12.5. The normalized spacial score (nSPS) is 10.7. The van der Waals surface area contributed by atoms with Crippen LogP contribution in [0.5, 0.6) is 0 Å².